The Morgan fingerprint density at radius 1 is 1.50 bits per heavy atom. The van der Waals surface area contributed by atoms with E-state index in [1.807, 2.05) is 24.3 Å². The van der Waals surface area contributed by atoms with E-state index in [0.29, 0.717) is 6.42 Å². The summed E-state index contributed by atoms with van der Waals surface area (Å²) in [5.74, 6) is 0. The van der Waals surface area contributed by atoms with Crippen LogP contribution in [-0.4, -0.2) is 5.11 Å². The van der Waals surface area contributed by atoms with Crippen LogP contribution in [0.1, 0.15) is 25.0 Å². The highest BCUT2D eigenvalue weighted by Crippen LogP contribution is 2.29. The van der Waals surface area contributed by atoms with E-state index in [-0.39, 0.29) is 0 Å². The molecule has 0 aliphatic heterocycles. The maximum absolute atomic E-state index is 9.51. The normalized spacial score (nSPS) is 31.5. The minimum atomic E-state index is -1.32. The highest BCUT2D eigenvalue weighted by Gasteiger charge is 2.18. The average molecular weight is 135 g/mol. The zero-order valence-electron chi connectivity index (χ0n) is 6.67. The van der Waals surface area contributed by atoms with Gasteiger partial charge in [0.15, 0.2) is 0 Å². The zero-order valence-corrected chi connectivity index (χ0v) is 5.67. The van der Waals surface area contributed by atoms with Crippen molar-refractivity contribution in [2.75, 3.05) is 0 Å². The number of hydrogen-bond donors (Lipinski definition) is 1. The first-order chi connectivity index (χ1) is 5.20. The maximum Gasteiger partial charge on any atom is 0.0795 e. The number of aryl methyl sites for hydroxylation is 1. The summed E-state index contributed by atoms with van der Waals surface area (Å²) in [7, 11) is 0. The summed E-state index contributed by atoms with van der Waals surface area (Å²) in [6.45, 7) is 0. The molecule has 1 aliphatic rings. The van der Waals surface area contributed by atoms with Crippen molar-refractivity contribution < 1.29 is 6.48 Å². The molecule has 0 spiro atoms. The largest absolute Gasteiger partial charge is 0.388 e. The first kappa shape index (κ1) is 4.91. The van der Waals surface area contributed by atoms with Gasteiger partial charge in [0.2, 0.25) is 0 Å². The van der Waals surface area contributed by atoms with E-state index in [9.17, 15) is 5.11 Å². The molecule has 1 heteroatoms. The van der Waals surface area contributed by atoms with Gasteiger partial charge in [-0.25, -0.2) is 0 Å². The van der Waals surface area contributed by atoms with Crippen LogP contribution in [0.25, 0.3) is 0 Å². The van der Waals surface area contributed by atoms with Crippen LogP contribution in [0.5, 0.6) is 0 Å². The lowest BCUT2D eigenvalue weighted by Gasteiger charge is -2.00. The molecule has 0 amide bonds. The van der Waals surface area contributed by atoms with Crippen LogP contribution in [0, 0.1) is 0 Å². The van der Waals surface area contributed by atoms with E-state index in [1.165, 1.54) is 0 Å². The van der Waals surface area contributed by atoms with Crippen LogP contribution in [0.2, 0.25) is 0 Å². The molecular formula is C9H10O. The van der Waals surface area contributed by atoms with E-state index in [0.717, 1.165) is 17.5 Å². The summed E-state index contributed by atoms with van der Waals surface area (Å²) in [6, 6.07) is 7.61. The van der Waals surface area contributed by atoms with E-state index in [4.69, 9.17) is 1.37 Å². The van der Waals surface area contributed by atoms with Gasteiger partial charge in [0.05, 0.1) is 7.45 Å². The molecule has 1 unspecified atom stereocenters. The predicted molar refractivity (Wildman–Crippen MR) is 39.7 cm³/mol. The van der Waals surface area contributed by atoms with Crippen molar-refractivity contribution in [2.45, 2.75) is 18.9 Å². The first-order valence-corrected chi connectivity index (χ1v) is 3.51. The van der Waals surface area contributed by atoms with Gasteiger partial charge in [-0.2, -0.15) is 0 Å². The smallest absolute Gasteiger partial charge is 0.0795 e. The number of fused-ring (bicyclic) bond motifs is 1. The van der Waals surface area contributed by atoms with Crippen molar-refractivity contribution in [3.05, 3.63) is 35.4 Å². The lowest BCUT2D eigenvalue weighted by molar-refractivity contribution is 0.180. The van der Waals surface area contributed by atoms with E-state index in [1.54, 1.807) is 0 Å². The number of benzene rings is 1. The van der Waals surface area contributed by atoms with Crippen molar-refractivity contribution in [2.24, 2.45) is 0 Å². The second kappa shape index (κ2) is 2.10. The monoisotopic (exact) mass is 135 g/mol. The van der Waals surface area contributed by atoms with Crippen molar-refractivity contribution in [3.8, 4) is 0 Å². The fourth-order valence-electron chi connectivity index (χ4n) is 1.41. The van der Waals surface area contributed by atoms with Gasteiger partial charge < -0.3 is 5.11 Å². The second-order valence-electron chi connectivity index (χ2n) is 2.60. The van der Waals surface area contributed by atoms with Gasteiger partial charge in [-0.05, 0) is 24.0 Å². The van der Waals surface area contributed by atoms with Gasteiger partial charge in [-0.3, -0.25) is 0 Å². The van der Waals surface area contributed by atoms with Gasteiger partial charge in [0, 0.05) is 0 Å². The molecule has 10 heavy (non-hydrogen) atoms. The van der Waals surface area contributed by atoms with Crippen LogP contribution in [0.4, 0.5) is 0 Å². The molecule has 0 bridgehead atoms. The third kappa shape index (κ3) is 0.745. The van der Waals surface area contributed by atoms with Gasteiger partial charge in [0.25, 0.3) is 0 Å². The van der Waals surface area contributed by atoms with Crippen LogP contribution in [0.3, 0.4) is 0 Å². The molecule has 1 aromatic rings. The van der Waals surface area contributed by atoms with Gasteiger partial charge in [-0.1, -0.05) is 24.3 Å². The molecule has 0 heterocycles. The molecule has 2 rings (SSSR count). The summed E-state index contributed by atoms with van der Waals surface area (Å²) in [6.07, 6.45) is 0.0408. The molecule has 0 saturated carbocycles. The molecular weight excluding hydrogens is 124 g/mol. The van der Waals surface area contributed by atoms with Crippen LogP contribution in [-0.2, 0) is 6.42 Å². The Bertz CT molecular complexity index is 281. The molecule has 1 aliphatic carbocycles. The lowest BCUT2D eigenvalue weighted by atomic mass is 10.1. The third-order valence-electron chi connectivity index (χ3n) is 1.96. The fourth-order valence-corrected chi connectivity index (χ4v) is 1.41. The Kier molecular flexibility index (Phi) is 1.03. The topological polar surface area (TPSA) is 20.2 Å². The second-order valence-corrected chi connectivity index (χ2v) is 2.60. The molecule has 0 fully saturated rings. The van der Waals surface area contributed by atoms with Crippen LogP contribution >= 0.6 is 0 Å². The van der Waals surface area contributed by atoms with Crippen molar-refractivity contribution in [1.82, 2.24) is 0 Å². The molecule has 1 nitrogen and oxygen atoms in total. The molecule has 1 aromatic carbocycles. The number of rotatable bonds is 0. The highest BCUT2D eigenvalue weighted by molar-refractivity contribution is 5.32. The Hall–Kier alpha value is -0.820. The van der Waals surface area contributed by atoms with Crippen LogP contribution in [0.15, 0.2) is 24.3 Å². The lowest BCUT2D eigenvalue weighted by Crippen LogP contribution is -1.88. The minimum absolute atomic E-state index is 0.534. The summed E-state index contributed by atoms with van der Waals surface area (Å²) in [5, 5.41) is 9.51. The Morgan fingerprint density at radius 3 is 3.10 bits per heavy atom. The van der Waals surface area contributed by atoms with Gasteiger partial charge >= 0.3 is 0 Å². The highest BCUT2D eigenvalue weighted by atomic mass is 16.3. The van der Waals surface area contributed by atoms with Crippen molar-refractivity contribution in [1.29, 1.82) is 0 Å². The maximum atomic E-state index is 9.51. The van der Waals surface area contributed by atoms with E-state index < -0.39 is 6.08 Å². The SMILES string of the molecule is [2H]C1(O)CCc2ccccc21. The summed E-state index contributed by atoms with van der Waals surface area (Å²) in [4.78, 5) is 0. The minimum Gasteiger partial charge on any atom is -0.388 e. The van der Waals surface area contributed by atoms with Gasteiger partial charge in [-0.15, -0.1) is 0 Å². The van der Waals surface area contributed by atoms with E-state index >= 15 is 0 Å². The number of hydrogen-bond acceptors (Lipinski definition) is 1. The quantitative estimate of drug-likeness (QED) is 0.573. The molecule has 0 radical (unpaired) electrons. The standard InChI is InChI=1S/C9H10O/c10-9-6-5-7-3-1-2-4-8(7)9/h1-4,9-10H,5-6H2/i9D. The van der Waals surface area contributed by atoms with Crippen LogP contribution < -0.4 is 0 Å². The zero-order chi connectivity index (χ0) is 7.90. The molecule has 1 atom stereocenters. The van der Waals surface area contributed by atoms with Gasteiger partial charge in [0.1, 0.15) is 0 Å². The Morgan fingerprint density at radius 2 is 2.30 bits per heavy atom. The van der Waals surface area contributed by atoms with Crippen molar-refractivity contribution >= 4 is 0 Å². The third-order valence-corrected chi connectivity index (χ3v) is 1.96. The average Bonchev–Trinajstić information content (AvgIpc) is 2.29. The molecule has 1 N–H and O–H groups in total. The molecule has 0 saturated heterocycles. The first-order valence-electron chi connectivity index (χ1n) is 4.01. The summed E-state index contributed by atoms with van der Waals surface area (Å²) < 4.78 is 7.52. The van der Waals surface area contributed by atoms with Crippen molar-refractivity contribution in [3.63, 3.8) is 0 Å². The summed E-state index contributed by atoms with van der Waals surface area (Å²) >= 11 is 0. The number of aliphatic hydroxyl groups is 1. The summed E-state index contributed by atoms with van der Waals surface area (Å²) in [5.41, 5.74) is 1.89. The Labute approximate surface area is 61.7 Å². The van der Waals surface area contributed by atoms with E-state index in [2.05, 4.69) is 0 Å². The Balaban J connectivity index is 2.56. The molecule has 0 aromatic heterocycles. The predicted octanol–water partition coefficient (Wildman–Crippen LogP) is 1.67. The molecule has 52 valence electrons. The fraction of sp³-hybridized carbons (Fsp3) is 0.333.